The van der Waals surface area contributed by atoms with E-state index in [1.54, 1.807) is 24.3 Å². The van der Waals surface area contributed by atoms with Gasteiger partial charge in [-0.1, -0.05) is 53.3 Å². The molecule has 2 aromatic carbocycles. The number of sulfonamides is 1. The van der Waals surface area contributed by atoms with Crippen molar-refractivity contribution < 1.29 is 13.2 Å². The highest BCUT2D eigenvalue weighted by Gasteiger charge is 2.32. The molecular formula is C19H18ClN5O3S2. The van der Waals surface area contributed by atoms with Crippen LogP contribution in [0.4, 0.5) is 10.8 Å². The molecule has 30 heavy (non-hydrogen) atoms. The Bertz CT molecular complexity index is 1150. The van der Waals surface area contributed by atoms with Gasteiger partial charge in [0.05, 0.1) is 10.6 Å². The van der Waals surface area contributed by atoms with Crippen molar-refractivity contribution in [1.29, 1.82) is 0 Å². The third-order valence-corrected chi connectivity index (χ3v) is 8.08. The summed E-state index contributed by atoms with van der Waals surface area (Å²) in [5.41, 5.74) is 1.34. The maximum absolute atomic E-state index is 12.9. The molecule has 0 spiro atoms. The van der Waals surface area contributed by atoms with Gasteiger partial charge in [0.25, 0.3) is 15.9 Å². The van der Waals surface area contributed by atoms with Crippen LogP contribution in [0.3, 0.4) is 0 Å². The highest BCUT2D eigenvalue weighted by Crippen LogP contribution is 2.26. The molecule has 1 aromatic heterocycles. The quantitative estimate of drug-likeness (QED) is 0.584. The van der Waals surface area contributed by atoms with E-state index in [0.717, 1.165) is 17.0 Å². The molecule has 3 aromatic rings. The van der Waals surface area contributed by atoms with Crippen LogP contribution in [0, 0.1) is 0 Å². The Labute approximate surface area is 183 Å². The summed E-state index contributed by atoms with van der Waals surface area (Å²) in [5, 5.41) is 10.5. The molecule has 2 heterocycles. The first-order chi connectivity index (χ1) is 14.4. The Morgan fingerprint density at radius 1 is 0.967 bits per heavy atom. The summed E-state index contributed by atoms with van der Waals surface area (Å²) in [6.07, 6.45) is 0. The van der Waals surface area contributed by atoms with Crippen LogP contribution < -0.4 is 10.2 Å². The molecule has 1 saturated heterocycles. The van der Waals surface area contributed by atoms with Gasteiger partial charge in [-0.05, 0) is 24.3 Å². The van der Waals surface area contributed by atoms with Crippen molar-refractivity contribution in [3.8, 4) is 0 Å². The first kappa shape index (κ1) is 20.7. The highest BCUT2D eigenvalue weighted by atomic mass is 35.5. The van der Waals surface area contributed by atoms with Crippen LogP contribution in [0.5, 0.6) is 0 Å². The second-order valence-corrected chi connectivity index (χ2v) is 10.0. The van der Waals surface area contributed by atoms with Crippen molar-refractivity contribution >= 4 is 49.7 Å². The van der Waals surface area contributed by atoms with Crippen LogP contribution >= 0.6 is 22.9 Å². The summed E-state index contributed by atoms with van der Waals surface area (Å²) in [4.78, 5) is 14.5. The standard InChI is InChI=1S/C19H18ClN5O3S2/c20-16-9-5-4-8-15(16)17(26)21-18-22-23-19(29-18)30(27,28)25-12-10-24(11-13-25)14-6-2-1-3-7-14/h1-9H,10-13H2,(H,21,22,26). The van der Waals surface area contributed by atoms with Crippen molar-refractivity contribution in [3.63, 3.8) is 0 Å². The third-order valence-electron chi connectivity index (χ3n) is 4.67. The predicted octanol–water partition coefficient (Wildman–Crippen LogP) is 2.95. The van der Waals surface area contributed by atoms with E-state index in [-0.39, 0.29) is 15.0 Å². The summed E-state index contributed by atoms with van der Waals surface area (Å²) in [7, 11) is -3.78. The summed E-state index contributed by atoms with van der Waals surface area (Å²) in [5.74, 6) is -0.475. The molecule has 0 atom stereocenters. The molecule has 1 fully saturated rings. The molecule has 0 radical (unpaired) electrons. The Morgan fingerprint density at radius 3 is 2.33 bits per heavy atom. The molecule has 0 unspecified atom stereocenters. The van der Waals surface area contributed by atoms with Gasteiger partial charge in [-0.25, -0.2) is 8.42 Å². The third kappa shape index (κ3) is 4.31. The lowest BCUT2D eigenvalue weighted by Gasteiger charge is -2.34. The second-order valence-electron chi connectivity index (χ2n) is 6.53. The van der Waals surface area contributed by atoms with Gasteiger partial charge in [0.15, 0.2) is 0 Å². The molecule has 156 valence electrons. The summed E-state index contributed by atoms with van der Waals surface area (Å²) >= 11 is 6.84. The zero-order chi connectivity index (χ0) is 21.1. The lowest BCUT2D eigenvalue weighted by molar-refractivity contribution is 0.102. The Kier molecular flexibility index (Phi) is 6.00. The first-order valence-corrected chi connectivity index (χ1v) is 11.8. The normalized spacial score (nSPS) is 15.2. The van der Waals surface area contributed by atoms with Crippen LogP contribution in [0.15, 0.2) is 58.9 Å². The molecule has 0 aliphatic carbocycles. The number of nitrogens with one attached hydrogen (secondary N) is 1. The molecule has 0 saturated carbocycles. The molecular weight excluding hydrogens is 446 g/mol. The molecule has 11 heteroatoms. The Morgan fingerprint density at radius 2 is 1.63 bits per heavy atom. The minimum atomic E-state index is -3.78. The number of piperazine rings is 1. The van der Waals surface area contributed by atoms with E-state index in [9.17, 15) is 13.2 Å². The van der Waals surface area contributed by atoms with E-state index in [1.807, 2.05) is 30.3 Å². The van der Waals surface area contributed by atoms with Crippen LogP contribution in [0.25, 0.3) is 0 Å². The highest BCUT2D eigenvalue weighted by molar-refractivity contribution is 7.91. The summed E-state index contributed by atoms with van der Waals surface area (Å²) in [6.45, 7) is 1.85. The molecule has 4 rings (SSSR count). The lowest BCUT2D eigenvalue weighted by Crippen LogP contribution is -2.48. The van der Waals surface area contributed by atoms with Gasteiger partial charge in [-0.2, -0.15) is 4.31 Å². The smallest absolute Gasteiger partial charge is 0.272 e. The van der Waals surface area contributed by atoms with E-state index in [1.165, 1.54) is 4.31 Å². The van der Waals surface area contributed by atoms with Crippen molar-refractivity contribution in [1.82, 2.24) is 14.5 Å². The topological polar surface area (TPSA) is 95.5 Å². The SMILES string of the molecule is O=C(Nc1nnc(S(=O)(=O)N2CCN(c3ccccc3)CC2)s1)c1ccccc1Cl. The monoisotopic (exact) mass is 463 g/mol. The first-order valence-electron chi connectivity index (χ1n) is 9.15. The van der Waals surface area contributed by atoms with Crippen molar-refractivity contribution in [2.75, 3.05) is 36.4 Å². The maximum atomic E-state index is 12.9. The summed E-state index contributed by atoms with van der Waals surface area (Å²) in [6, 6.07) is 16.4. The number of anilines is 2. The van der Waals surface area contributed by atoms with Gasteiger partial charge >= 0.3 is 0 Å². The van der Waals surface area contributed by atoms with E-state index in [0.29, 0.717) is 31.2 Å². The molecule has 8 nitrogen and oxygen atoms in total. The Hall–Kier alpha value is -2.53. The van der Waals surface area contributed by atoms with E-state index < -0.39 is 15.9 Å². The van der Waals surface area contributed by atoms with Crippen molar-refractivity contribution in [2.45, 2.75) is 4.34 Å². The van der Waals surface area contributed by atoms with Crippen LogP contribution in [0.1, 0.15) is 10.4 Å². The maximum Gasteiger partial charge on any atom is 0.272 e. The number of carbonyl (C=O) groups excluding carboxylic acids is 1. The Balaban J connectivity index is 1.43. The minimum absolute atomic E-state index is 0.0985. The average molecular weight is 464 g/mol. The van der Waals surface area contributed by atoms with Crippen LogP contribution in [-0.2, 0) is 10.0 Å². The number of carbonyl (C=O) groups is 1. The van der Waals surface area contributed by atoms with E-state index >= 15 is 0 Å². The fourth-order valence-electron chi connectivity index (χ4n) is 3.11. The predicted molar refractivity (Wildman–Crippen MR) is 117 cm³/mol. The zero-order valence-electron chi connectivity index (χ0n) is 15.7. The largest absolute Gasteiger partial charge is 0.369 e. The van der Waals surface area contributed by atoms with Gasteiger partial charge < -0.3 is 4.90 Å². The minimum Gasteiger partial charge on any atom is -0.369 e. The van der Waals surface area contributed by atoms with Crippen molar-refractivity contribution in [3.05, 3.63) is 65.2 Å². The van der Waals surface area contributed by atoms with E-state index in [4.69, 9.17) is 11.6 Å². The van der Waals surface area contributed by atoms with Gasteiger partial charge in [-0.3, -0.25) is 10.1 Å². The van der Waals surface area contributed by atoms with Gasteiger partial charge in [0, 0.05) is 31.9 Å². The van der Waals surface area contributed by atoms with Gasteiger partial charge in [-0.15, -0.1) is 10.2 Å². The number of rotatable bonds is 5. The molecule has 1 amide bonds. The van der Waals surface area contributed by atoms with Gasteiger partial charge in [0.1, 0.15) is 0 Å². The zero-order valence-corrected chi connectivity index (χ0v) is 18.1. The number of hydrogen-bond donors (Lipinski definition) is 1. The van der Waals surface area contributed by atoms with E-state index in [2.05, 4.69) is 20.4 Å². The number of halogens is 1. The fraction of sp³-hybridized carbons (Fsp3) is 0.211. The second kappa shape index (κ2) is 8.68. The van der Waals surface area contributed by atoms with Gasteiger partial charge in [0.2, 0.25) is 9.47 Å². The number of amides is 1. The molecule has 1 aliphatic heterocycles. The molecule has 0 bridgehead atoms. The number of benzene rings is 2. The van der Waals surface area contributed by atoms with Crippen LogP contribution in [-0.4, -0.2) is 55.0 Å². The molecule has 1 aliphatic rings. The fourth-order valence-corrected chi connectivity index (χ4v) is 5.79. The van der Waals surface area contributed by atoms with Crippen molar-refractivity contribution in [2.24, 2.45) is 0 Å². The number of para-hydroxylation sites is 1. The van der Waals surface area contributed by atoms with Crippen LogP contribution in [0.2, 0.25) is 5.02 Å². The summed E-state index contributed by atoms with van der Waals surface area (Å²) < 4.78 is 27.1. The number of nitrogens with zero attached hydrogens (tertiary/aromatic N) is 4. The number of aromatic nitrogens is 2. The lowest BCUT2D eigenvalue weighted by atomic mass is 10.2. The average Bonchev–Trinajstić information content (AvgIpc) is 3.24. The number of hydrogen-bond acceptors (Lipinski definition) is 7. The molecule has 1 N–H and O–H groups in total.